The van der Waals surface area contributed by atoms with E-state index in [1.807, 2.05) is 40.9 Å². The Balaban J connectivity index is 1.55. The van der Waals surface area contributed by atoms with Crippen LogP contribution in [0.5, 0.6) is 0 Å². The first-order valence-electron chi connectivity index (χ1n) is 9.38. The highest BCUT2D eigenvalue weighted by Gasteiger charge is 2.28. The van der Waals surface area contributed by atoms with Crippen LogP contribution in [0.15, 0.2) is 30.7 Å². The van der Waals surface area contributed by atoms with Gasteiger partial charge >= 0.3 is 0 Å². The van der Waals surface area contributed by atoms with Gasteiger partial charge in [-0.3, -0.25) is 14.3 Å². The fourth-order valence-corrected chi connectivity index (χ4v) is 4.28. The maximum Gasteiger partial charge on any atom is 0.236 e. The van der Waals surface area contributed by atoms with E-state index in [1.54, 1.807) is 6.33 Å². The highest BCUT2D eigenvalue weighted by molar-refractivity contribution is 6.33. The molecule has 3 aromatic rings. The lowest BCUT2D eigenvalue weighted by molar-refractivity contribution is -0.136. The average molecular weight is 398 g/mol. The molecule has 9 heteroatoms. The second-order valence-electron chi connectivity index (χ2n) is 7.06. The van der Waals surface area contributed by atoms with E-state index in [9.17, 15) is 4.79 Å². The molecular weight excluding hydrogens is 378 g/mol. The molecule has 28 heavy (non-hydrogen) atoms. The van der Waals surface area contributed by atoms with Crippen molar-refractivity contribution in [3.8, 4) is 17.1 Å². The lowest BCUT2D eigenvalue weighted by Crippen LogP contribution is -2.49. The smallest absolute Gasteiger partial charge is 0.236 e. The molecule has 8 nitrogen and oxygen atoms in total. The average Bonchev–Trinajstić information content (AvgIpc) is 3.26. The van der Waals surface area contributed by atoms with E-state index in [-0.39, 0.29) is 5.91 Å². The SMILES string of the molecule is CCN1CCN(Cc2ncc3n2-c2cccc(Cl)c2-c2ncnn2C3)CC1=O. The monoisotopic (exact) mass is 397 g/mol. The van der Waals surface area contributed by atoms with E-state index in [0.29, 0.717) is 24.7 Å². The second-order valence-corrected chi connectivity index (χ2v) is 7.47. The van der Waals surface area contributed by atoms with Crippen molar-refractivity contribution in [1.29, 1.82) is 0 Å². The van der Waals surface area contributed by atoms with Gasteiger partial charge in [-0.05, 0) is 19.1 Å². The van der Waals surface area contributed by atoms with Gasteiger partial charge in [-0.2, -0.15) is 5.10 Å². The summed E-state index contributed by atoms with van der Waals surface area (Å²) in [6.45, 7) is 5.95. The summed E-state index contributed by atoms with van der Waals surface area (Å²) in [5.74, 6) is 1.81. The molecule has 0 spiro atoms. The quantitative estimate of drug-likeness (QED) is 0.527. The van der Waals surface area contributed by atoms with E-state index < -0.39 is 0 Å². The van der Waals surface area contributed by atoms with Crippen molar-refractivity contribution in [3.05, 3.63) is 47.3 Å². The van der Waals surface area contributed by atoms with E-state index >= 15 is 0 Å². The zero-order valence-electron chi connectivity index (χ0n) is 15.5. The summed E-state index contributed by atoms with van der Waals surface area (Å²) in [5.41, 5.74) is 2.81. The highest BCUT2D eigenvalue weighted by Crippen LogP contribution is 2.36. The van der Waals surface area contributed by atoms with E-state index in [4.69, 9.17) is 11.6 Å². The summed E-state index contributed by atoms with van der Waals surface area (Å²) >= 11 is 6.55. The molecule has 0 bridgehead atoms. The topological polar surface area (TPSA) is 72.1 Å². The van der Waals surface area contributed by atoms with Crippen LogP contribution in [0.2, 0.25) is 5.02 Å². The number of fused-ring (bicyclic) bond motifs is 5. The van der Waals surface area contributed by atoms with Gasteiger partial charge in [0.25, 0.3) is 0 Å². The number of halogens is 1. The molecule has 1 amide bonds. The second kappa shape index (κ2) is 6.72. The number of nitrogens with zero attached hydrogens (tertiary/aromatic N) is 7. The third kappa shape index (κ3) is 2.71. The summed E-state index contributed by atoms with van der Waals surface area (Å²) in [6, 6.07) is 5.83. The minimum atomic E-state index is 0.171. The van der Waals surface area contributed by atoms with Crippen LogP contribution in [0.25, 0.3) is 17.1 Å². The molecule has 0 atom stereocenters. The Hall–Kier alpha value is -2.71. The Morgan fingerprint density at radius 2 is 2.07 bits per heavy atom. The number of amides is 1. The molecule has 2 aliphatic heterocycles. The van der Waals surface area contributed by atoms with Crippen LogP contribution < -0.4 is 0 Å². The van der Waals surface area contributed by atoms with Crippen molar-refractivity contribution in [1.82, 2.24) is 34.1 Å². The van der Waals surface area contributed by atoms with Crippen LogP contribution in [-0.4, -0.2) is 66.2 Å². The van der Waals surface area contributed by atoms with Crippen molar-refractivity contribution in [3.63, 3.8) is 0 Å². The van der Waals surface area contributed by atoms with Gasteiger partial charge < -0.3 is 4.90 Å². The highest BCUT2D eigenvalue weighted by atomic mass is 35.5. The summed E-state index contributed by atoms with van der Waals surface area (Å²) < 4.78 is 3.98. The molecule has 2 aromatic heterocycles. The molecule has 144 valence electrons. The maximum atomic E-state index is 12.3. The first kappa shape index (κ1) is 17.4. The first-order valence-corrected chi connectivity index (χ1v) is 9.76. The standard InChI is InChI=1S/C19H20ClN7O/c1-2-25-7-6-24(11-17(25)28)10-16-21-8-13-9-26-19(22-12-23-26)18-14(20)4-3-5-15(18)27(13)16/h3-5,8,12H,2,6-7,9-11H2,1H3. The Morgan fingerprint density at radius 3 is 2.89 bits per heavy atom. The number of imidazole rings is 1. The first-order chi connectivity index (χ1) is 13.7. The molecule has 4 heterocycles. The van der Waals surface area contributed by atoms with Crippen molar-refractivity contribution in [2.75, 3.05) is 26.2 Å². The number of hydrogen-bond acceptors (Lipinski definition) is 5. The number of rotatable bonds is 3. The van der Waals surface area contributed by atoms with Crippen molar-refractivity contribution in [2.24, 2.45) is 0 Å². The molecule has 0 aliphatic carbocycles. The van der Waals surface area contributed by atoms with Gasteiger partial charge in [0.1, 0.15) is 12.2 Å². The van der Waals surface area contributed by atoms with Gasteiger partial charge in [-0.25, -0.2) is 14.6 Å². The minimum absolute atomic E-state index is 0.171. The Labute approximate surface area is 167 Å². The Bertz CT molecular complexity index is 1060. The van der Waals surface area contributed by atoms with Crippen LogP contribution in [-0.2, 0) is 17.9 Å². The summed E-state index contributed by atoms with van der Waals surface area (Å²) in [6.07, 6.45) is 3.43. The van der Waals surface area contributed by atoms with Gasteiger partial charge in [-0.15, -0.1) is 0 Å². The van der Waals surface area contributed by atoms with E-state index in [0.717, 1.165) is 48.2 Å². The lowest BCUT2D eigenvalue weighted by Gasteiger charge is -2.33. The fraction of sp³-hybridized carbons (Fsp3) is 0.368. The van der Waals surface area contributed by atoms with E-state index in [2.05, 4.69) is 24.5 Å². The summed E-state index contributed by atoms with van der Waals surface area (Å²) in [7, 11) is 0. The number of hydrogen-bond donors (Lipinski definition) is 0. The van der Waals surface area contributed by atoms with Gasteiger partial charge in [0, 0.05) is 19.6 Å². The number of likely N-dealkylation sites (N-methyl/N-ethyl adjacent to an activating group) is 1. The predicted molar refractivity (Wildman–Crippen MR) is 104 cm³/mol. The van der Waals surface area contributed by atoms with Gasteiger partial charge in [-0.1, -0.05) is 17.7 Å². The molecular formula is C19H20ClN7O. The molecule has 2 aliphatic rings. The van der Waals surface area contributed by atoms with Crippen LogP contribution in [0.3, 0.4) is 0 Å². The molecule has 0 radical (unpaired) electrons. The molecule has 0 N–H and O–H groups in total. The largest absolute Gasteiger partial charge is 0.341 e. The van der Waals surface area contributed by atoms with Gasteiger partial charge in [0.05, 0.1) is 47.8 Å². The molecule has 1 saturated heterocycles. The fourth-order valence-electron chi connectivity index (χ4n) is 4.02. The third-order valence-corrected chi connectivity index (χ3v) is 5.75. The zero-order valence-corrected chi connectivity index (χ0v) is 16.3. The van der Waals surface area contributed by atoms with Crippen LogP contribution in [0.1, 0.15) is 18.4 Å². The normalized spacial score (nSPS) is 16.5. The number of carbonyl (C=O) groups is 1. The lowest BCUT2D eigenvalue weighted by atomic mass is 10.1. The molecule has 1 aromatic carbocycles. The van der Waals surface area contributed by atoms with Crippen molar-refractivity contribution in [2.45, 2.75) is 20.0 Å². The van der Waals surface area contributed by atoms with Crippen molar-refractivity contribution >= 4 is 17.5 Å². The van der Waals surface area contributed by atoms with Crippen molar-refractivity contribution < 1.29 is 4.79 Å². The molecule has 0 saturated carbocycles. The summed E-state index contributed by atoms with van der Waals surface area (Å²) in [4.78, 5) is 25.4. The van der Waals surface area contributed by atoms with Crippen LogP contribution in [0.4, 0.5) is 0 Å². The number of piperazine rings is 1. The number of benzene rings is 1. The third-order valence-electron chi connectivity index (χ3n) is 5.44. The van der Waals surface area contributed by atoms with Gasteiger partial charge in [0.2, 0.25) is 5.91 Å². The van der Waals surface area contributed by atoms with Crippen LogP contribution >= 0.6 is 11.6 Å². The Kier molecular flexibility index (Phi) is 4.17. The van der Waals surface area contributed by atoms with Gasteiger partial charge in [0.15, 0.2) is 5.82 Å². The molecule has 1 fully saturated rings. The zero-order chi connectivity index (χ0) is 19.3. The predicted octanol–water partition coefficient (Wildman–Crippen LogP) is 1.81. The molecule has 0 unspecified atom stereocenters. The minimum Gasteiger partial charge on any atom is -0.341 e. The number of aromatic nitrogens is 5. The summed E-state index contributed by atoms with van der Waals surface area (Å²) in [5, 5.41) is 4.98. The van der Waals surface area contributed by atoms with E-state index in [1.165, 1.54) is 0 Å². The molecule has 5 rings (SSSR count). The van der Waals surface area contributed by atoms with Crippen LogP contribution in [0, 0.1) is 0 Å². The Morgan fingerprint density at radius 1 is 1.18 bits per heavy atom. The number of carbonyl (C=O) groups excluding carboxylic acids is 1. The maximum absolute atomic E-state index is 12.3.